The smallest absolute Gasteiger partial charge is 0.139 e. The van der Waals surface area contributed by atoms with Crippen molar-refractivity contribution in [3.8, 4) is 0 Å². The van der Waals surface area contributed by atoms with E-state index >= 15 is 0 Å². The molecule has 2 heterocycles. The van der Waals surface area contributed by atoms with E-state index in [1.807, 2.05) is 31.2 Å². The number of nitrogens with zero attached hydrogens (tertiary/aromatic N) is 3. The third kappa shape index (κ3) is 2.94. The standard InChI is InChI=1S/C12H16N4S/c1-3-16(12-7-11(13)15-17-12)8-10-6-4-5-9(2)14-10/h4-7H,3,8H2,1-2H3,(H2,13,15). The number of nitrogens with two attached hydrogens (primary N) is 1. The third-order valence-corrected chi connectivity index (χ3v) is 3.37. The van der Waals surface area contributed by atoms with Crippen molar-refractivity contribution in [2.45, 2.75) is 20.4 Å². The number of hydrogen-bond donors (Lipinski definition) is 1. The molecule has 0 unspecified atom stereocenters. The number of pyridine rings is 1. The fraction of sp³-hybridized carbons (Fsp3) is 0.333. The van der Waals surface area contributed by atoms with Crippen LogP contribution in [0.1, 0.15) is 18.3 Å². The van der Waals surface area contributed by atoms with Crippen LogP contribution < -0.4 is 10.6 Å². The minimum atomic E-state index is 0.584. The van der Waals surface area contributed by atoms with Crippen molar-refractivity contribution in [2.75, 3.05) is 17.2 Å². The lowest BCUT2D eigenvalue weighted by Gasteiger charge is -2.19. The first-order valence-corrected chi connectivity index (χ1v) is 6.36. The van der Waals surface area contributed by atoms with Crippen molar-refractivity contribution in [2.24, 2.45) is 0 Å². The molecule has 0 aromatic carbocycles. The van der Waals surface area contributed by atoms with E-state index < -0.39 is 0 Å². The van der Waals surface area contributed by atoms with E-state index in [0.29, 0.717) is 5.82 Å². The lowest BCUT2D eigenvalue weighted by Crippen LogP contribution is -2.21. The van der Waals surface area contributed by atoms with Gasteiger partial charge in [0, 0.05) is 18.3 Å². The molecule has 5 heteroatoms. The van der Waals surface area contributed by atoms with Crippen molar-refractivity contribution in [1.82, 2.24) is 9.36 Å². The molecule has 0 atom stereocenters. The van der Waals surface area contributed by atoms with Gasteiger partial charge in [0.25, 0.3) is 0 Å². The molecule has 0 bridgehead atoms. The summed E-state index contributed by atoms with van der Waals surface area (Å²) in [5.74, 6) is 0.584. The lowest BCUT2D eigenvalue weighted by molar-refractivity contribution is 0.814. The number of anilines is 2. The van der Waals surface area contributed by atoms with Gasteiger partial charge in [-0.3, -0.25) is 4.98 Å². The van der Waals surface area contributed by atoms with Crippen LogP contribution in [0, 0.1) is 6.92 Å². The Kier molecular flexibility index (Phi) is 3.58. The van der Waals surface area contributed by atoms with Gasteiger partial charge >= 0.3 is 0 Å². The molecule has 4 nitrogen and oxygen atoms in total. The molecule has 0 aliphatic rings. The summed E-state index contributed by atoms with van der Waals surface area (Å²) in [7, 11) is 0. The lowest BCUT2D eigenvalue weighted by atomic mass is 10.3. The van der Waals surface area contributed by atoms with Crippen molar-refractivity contribution in [3.63, 3.8) is 0 Å². The molecule has 2 aromatic heterocycles. The first-order valence-electron chi connectivity index (χ1n) is 5.58. The second-order valence-corrected chi connectivity index (χ2v) is 4.66. The highest BCUT2D eigenvalue weighted by Crippen LogP contribution is 2.24. The van der Waals surface area contributed by atoms with E-state index in [4.69, 9.17) is 5.73 Å². The molecule has 0 aliphatic heterocycles. The zero-order valence-electron chi connectivity index (χ0n) is 10.1. The maximum atomic E-state index is 5.65. The summed E-state index contributed by atoms with van der Waals surface area (Å²) >= 11 is 1.43. The van der Waals surface area contributed by atoms with E-state index in [0.717, 1.165) is 29.5 Å². The van der Waals surface area contributed by atoms with Crippen LogP contribution in [0.4, 0.5) is 10.8 Å². The molecule has 2 rings (SSSR count). The second kappa shape index (κ2) is 5.14. The van der Waals surface area contributed by atoms with Crippen LogP contribution in [-0.2, 0) is 6.54 Å². The van der Waals surface area contributed by atoms with E-state index in [-0.39, 0.29) is 0 Å². The number of aryl methyl sites for hydroxylation is 1. The summed E-state index contributed by atoms with van der Waals surface area (Å²) in [5, 5.41) is 1.09. The maximum Gasteiger partial charge on any atom is 0.139 e. The van der Waals surface area contributed by atoms with Gasteiger partial charge < -0.3 is 10.6 Å². The highest BCUT2D eigenvalue weighted by atomic mass is 32.1. The summed E-state index contributed by atoms with van der Waals surface area (Å²) in [6.45, 7) is 5.83. The fourth-order valence-corrected chi connectivity index (χ4v) is 2.39. The molecule has 0 fully saturated rings. The molecule has 0 aliphatic carbocycles. The molecular formula is C12H16N4S. The van der Waals surface area contributed by atoms with Gasteiger partial charge in [-0.15, -0.1) is 0 Å². The van der Waals surface area contributed by atoms with Gasteiger partial charge in [0.1, 0.15) is 10.8 Å². The van der Waals surface area contributed by atoms with Crippen LogP contribution in [0.2, 0.25) is 0 Å². The van der Waals surface area contributed by atoms with Crippen molar-refractivity contribution < 1.29 is 0 Å². The Morgan fingerprint density at radius 1 is 1.41 bits per heavy atom. The average Bonchev–Trinajstić information content (AvgIpc) is 2.73. The van der Waals surface area contributed by atoms with Gasteiger partial charge in [-0.05, 0) is 37.5 Å². The number of hydrogen-bond acceptors (Lipinski definition) is 5. The predicted molar refractivity (Wildman–Crippen MR) is 72.2 cm³/mol. The van der Waals surface area contributed by atoms with Gasteiger partial charge in [-0.2, -0.15) is 4.37 Å². The van der Waals surface area contributed by atoms with Crippen LogP contribution in [0.3, 0.4) is 0 Å². The Labute approximate surface area is 105 Å². The zero-order valence-corrected chi connectivity index (χ0v) is 10.9. The third-order valence-electron chi connectivity index (χ3n) is 2.51. The van der Waals surface area contributed by atoms with Gasteiger partial charge in [0.05, 0.1) is 12.2 Å². The Hall–Kier alpha value is -1.62. The second-order valence-electron chi connectivity index (χ2n) is 3.87. The minimum absolute atomic E-state index is 0.584. The molecule has 2 aromatic rings. The van der Waals surface area contributed by atoms with Crippen molar-refractivity contribution in [3.05, 3.63) is 35.7 Å². The van der Waals surface area contributed by atoms with E-state index in [2.05, 4.69) is 21.2 Å². The molecule has 90 valence electrons. The van der Waals surface area contributed by atoms with Crippen LogP contribution in [0.5, 0.6) is 0 Å². The molecule has 0 saturated heterocycles. The zero-order chi connectivity index (χ0) is 12.3. The molecule has 0 spiro atoms. The summed E-state index contributed by atoms with van der Waals surface area (Å²) in [4.78, 5) is 6.72. The molecule has 2 N–H and O–H groups in total. The van der Waals surface area contributed by atoms with Crippen molar-refractivity contribution in [1.29, 1.82) is 0 Å². The van der Waals surface area contributed by atoms with Crippen LogP contribution in [0.25, 0.3) is 0 Å². The topological polar surface area (TPSA) is 55.0 Å². The van der Waals surface area contributed by atoms with E-state index in [1.165, 1.54) is 11.5 Å². The van der Waals surface area contributed by atoms with Crippen LogP contribution >= 0.6 is 11.5 Å². The molecular weight excluding hydrogens is 232 g/mol. The Bertz CT molecular complexity index is 495. The molecule has 0 amide bonds. The van der Waals surface area contributed by atoms with Gasteiger partial charge in [-0.1, -0.05) is 6.07 Å². The quantitative estimate of drug-likeness (QED) is 0.903. The van der Waals surface area contributed by atoms with Crippen molar-refractivity contribution >= 4 is 22.4 Å². The normalized spacial score (nSPS) is 10.5. The summed E-state index contributed by atoms with van der Waals surface area (Å²) in [6.07, 6.45) is 0. The summed E-state index contributed by atoms with van der Waals surface area (Å²) < 4.78 is 4.10. The van der Waals surface area contributed by atoms with Crippen LogP contribution in [-0.4, -0.2) is 15.9 Å². The SMILES string of the molecule is CCN(Cc1cccc(C)n1)c1cc(N)ns1. The number of rotatable bonds is 4. The molecule has 17 heavy (non-hydrogen) atoms. The first kappa shape index (κ1) is 11.9. The summed E-state index contributed by atoms with van der Waals surface area (Å²) in [6, 6.07) is 7.99. The monoisotopic (exact) mass is 248 g/mol. The van der Waals surface area contributed by atoms with Crippen LogP contribution in [0.15, 0.2) is 24.3 Å². The molecule has 0 radical (unpaired) electrons. The predicted octanol–water partition coefficient (Wildman–Crippen LogP) is 2.46. The van der Waals surface area contributed by atoms with E-state index in [9.17, 15) is 0 Å². The Morgan fingerprint density at radius 2 is 2.24 bits per heavy atom. The fourth-order valence-electron chi connectivity index (χ4n) is 1.66. The largest absolute Gasteiger partial charge is 0.383 e. The van der Waals surface area contributed by atoms with Gasteiger partial charge in [-0.25, -0.2) is 0 Å². The highest BCUT2D eigenvalue weighted by Gasteiger charge is 2.09. The average molecular weight is 248 g/mol. The Morgan fingerprint density at radius 3 is 2.82 bits per heavy atom. The first-order chi connectivity index (χ1) is 8.19. The maximum absolute atomic E-state index is 5.65. The van der Waals surface area contributed by atoms with Gasteiger partial charge in [0.2, 0.25) is 0 Å². The Balaban J connectivity index is 2.15. The summed E-state index contributed by atoms with van der Waals surface area (Å²) in [5.41, 5.74) is 7.76. The molecule has 0 saturated carbocycles. The number of aromatic nitrogens is 2. The minimum Gasteiger partial charge on any atom is -0.383 e. The number of nitrogen functional groups attached to an aromatic ring is 1. The van der Waals surface area contributed by atoms with E-state index in [1.54, 1.807) is 0 Å². The van der Waals surface area contributed by atoms with Gasteiger partial charge in [0.15, 0.2) is 0 Å². The highest BCUT2D eigenvalue weighted by molar-refractivity contribution is 7.10.